The maximum atomic E-state index is 12.9. The number of thiazole rings is 1. The number of carbonyl (C=O) groups excluding carboxylic acids is 1. The monoisotopic (exact) mass is 481 g/mol. The van der Waals surface area contributed by atoms with E-state index >= 15 is 0 Å². The van der Waals surface area contributed by atoms with Crippen LogP contribution in [0.3, 0.4) is 0 Å². The minimum Gasteiger partial charge on any atom is -0.494 e. The average molecular weight is 482 g/mol. The molecule has 2 aromatic heterocycles. The van der Waals surface area contributed by atoms with Crippen LogP contribution in [0.1, 0.15) is 19.5 Å². The fourth-order valence-electron chi connectivity index (χ4n) is 3.59. The Bertz CT molecular complexity index is 1300. The number of benzene rings is 2. The van der Waals surface area contributed by atoms with Gasteiger partial charge in [-0.25, -0.2) is 4.98 Å². The van der Waals surface area contributed by atoms with Crippen molar-refractivity contribution >= 4 is 27.9 Å². The van der Waals surface area contributed by atoms with Crippen LogP contribution in [-0.2, 0) is 11.2 Å². The number of imidazole rings is 1. The zero-order valence-electron chi connectivity index (χ0n) is 19.6. The lowest BCUT2D eigenvalue weighted by Crippen LogP contribution is -2.16. The Kier molecular flexibility index (Phi) is 7.22. The first kappa shape index (κ1) is 23.4. The molecule has 0 aliphatic rings. The SMILES string of the molecule is CCOc1ccc(OCC)c(NC(=O)Cc2csc3nc(-c4ccc(OC)c(OC)c4)cn23)c1. The maximum absolute atomic E-state index is 12.9. The van der Waals surface area contributed by atoms with Crippen molar-refractivity contribution in [3.63, 3.8) is 0 Å². The van der Waals surface area contributed by atoms with E-state index in [9.17, 15) is 4.79 Å². The number of anilines is 1. The number of methoxy groups -OCH3 is 2. The van der Waals surface area contributed by atoms with Crippen LogP contribution in [0, 0.1) is 0 Å². The van der Waals surface area contributed by atoms with E-state index in [1.807, 2.05) is 54.1 Å². The Labute approximate surface area is 202 Å². The molecule has 0 bridgehead atoms. The first-order valence-electron chi connectivity index (χ1n) is 10.9. The van der Waals surface area contributed by atoms with Gasteiger partial charge in [0, 0.05) is 28.9 Å². The van der Waals surface area contributed by atoms with Gasteiger partial charge in [0.1, 0.15) is 11.5 Å². The lowest BCUT2D eigenvalue weighted by atomic mass is 10.1. The maximum Gasteiger partial charge on any atom is 0.230 e. The number of ether oxygens (including phenoxy) is 4. The standard InChI is InChI=1S/C25H27N3O5S/c1-5-32-18-8-10-21(33-6-2)19(13-18)26-24(29)12-17-15-34-25-27-20(14-28(17)25)16-7-9-22(30-3)23(11-16)31-4/h7-11,13-15H,5-6,12H2,1-4H3,(H,26,29). The lowest BCUT2D eigenvalue weighted by Gasteiger charge is -2.13. The van der Waals surface area contributed by atoms with Gasteiger partial charge in [-0.2, -0.15) is 0 Å². The highest BCUT2D eigenvalue weighted by Gasteiger charge is 2.16. The van der Waals surface area contributed by atoms with E-state index in [-0.39, 0.29) is 12.3 Å². The summed E-state index contributed by atoms with van der Waals surface area (Å²) in [6.45, 7) is 4.85. The molecule has 0 unspecified atom stereocenters. The molecule has 4 rings (SSSR count). The Morgan fingerprint density at radius 1 is 1.00 bits per heavy atom. The number of fused-ring (bicyclic) bond motifs is 1. The van der Waals surface area contributed by atoms with Gasteiger partial charge in [-0.1, -0.05) is 0 Å². The van der Waals surface area contributed by atoms with E-state index in [1.165, 1.54) is 11.3 Å². The van der Waals surface area contributed by atoms with Crippen LogP contribution < -0.4 is 24.3 Å². The summed E-state index contributed by atoms with van der Waals surface area (Å²) in [4.78, 5) is 18.4. The Morgan fingerprint density at radius 3 is 2.50 bits per heavy atom. The number of rotatable bonds is 10. The highest BCUT2D eigenvalue weighted by Crippen LogP contribution is 2.33. The highest BCUT2D eigenvalue weighted by molar-refractivity contribution is 7.15. The Hall–Kier alpha value is -3.72. The molecule has 2 aromatic carbocycles. The summed E-state index contributed by atoms with van der Waals surface area (Å²) in [6, 6.07) is 11.1. The molecular formula is C25H27N3O5S. The number of nitrogens with one attached hydrogen (secondary N) is 1. The average Bonchev–Trinajstić information content (AvgIpc) is 3.42. The van der Waals surface area contributed by atoms with Crippen LogP contribution in [0.25, 0.3) is 16.2 Å². The second kappa shape index (κ2) is 10.5. The summed E-state index contributed by atoms with van der Waals surface area (Å²) in [5.41, 5.74) is 3.12. The van der Waals surface area contributed by atoms with Crippen LogP contribution >= 0.6 is 11.3 Å². The number of hydrogen-bond donors (Lipinski definition) is 1. The third-order valence-corrected chi connectivity index (χ3v) is 6.03. The molecule has 0 saturated carbocycles. The smallest absolute Gasteiger partial charge is 0.230 e. The molecule has 0 radical (unpaired) electrons. The van der Waals surface area contributed by atoms with Crippen LogP contribution in [0.5, 0.6) is 23.0 Å². The minimum absolute atomic E-state index is 0.157. The van der Waals surface area contributed by atoms with Crippen molar-refractivity contribution in [2.45, 2.75) is 20.3 Å². The molecule has 2 heterocycles. The predicted molar refractivity (Wildman–Crippen MR) is 133 cm³/mol. The van der Waals surface area contributed by atoms with Crippen molar-refractivity contribution in [1.29, 1.82) is 0 Å². The van der Waals surface area contributed by atoms with Crippen molar-refractivity contribution in [2.24, 2.45) is 0 Å². The van der Waals surface area contributed by atoms with Crippen molar-refractivity contribution in [2.75, 3.05) is 32.8 Å². The minimum atomic E-state index is -0.157. The van der Waals surface area contributed by atoms with Gasteiger partial charge < -0.3 is 24.3 Å². The quantitative estimate of drug-likeness (QED) is 0.341. The van der Waals surface area contributed by atoms with Gasteiger partial charge in [0.15, 0.2) is 16.5 Å². The van der Waals surface area contributed by atoms with E-state index in [2.05, 4.69) is 5.32 Å². The molecule has 0 aliphatic carbocycles. The fourth-order valence-corrected chi connectivity index (χ4v) is 4.47. The van der Waals surface area contributed by atoms with Crippen LogP contribution in [0.2, 0.25) is 0 Å². The van der Waals surface area contributed by atoms with E-state index in [1.54, 1.807) is 26.4 Å². The molecule has 34 heavy (non-hydrogen) atoms. The first-order valence-corrected chi connectivity index (χ1v) is 11.8. The number of carbonyl (C=O) groups is 1. The normalized spacial score (nSPS) is 10.8. The number of amides is 1. The van der Waals surface area contributed by atoms with Crippen LogP contribution in [0.15, 0.2) is 48.0 Å². The number of nitrogens with zero attached hydrogens (tertiary/aromatic N) is 2. The van der Waals surface area contributed by atoms with E-state index in [0.717, 1.165) is 21.9 Å². The van der Waals surface area contributed by atoms with Crippen LogP contribution in [0.4, 0.5) is 5.69 Å². The molecule has 1 amide bonds. The van der Waals surface area contributed by atoms with E-state index in [0.29, 0.717) is 41.9 Å². The summed E-state index contributed by atoms with van der Waals surface area (Å²) in [6.07, 6.45) is 2.11. The summed E-state index contributed by atoms with van der Waals surface area (Å²) >= 11 is 1.49. The fraction of sp³-hybridized carbons (Fsp3) is 0.280. The number of aromatic nitrogens is 2. The van der Waals surface area contributed by atoms with Gasteiger partial charge in [0.2, 0.25) is 5.91 Å². The molecule has 0 fully saturated rings. The molecular weight excluding hydrogens is 454 g/mol. The van der Waals surface area contributed by atoms with Crippen molar-refractivity contribution < 1.29 is 23.7 Å². The third kappa shape index (κ3) is 4.94. The molecule has 9 heteroatoms. The van der Waals surface area contributed by atoms with Crippen molar-refractivity contribution in [1.82, 2.24) is 9.38 Å². The van der Waals surface area contributed by atoms with E-state index < -0.39 is 0 Å². The van der Waals surface area contributed by atoms with Gasteiger partial charge in [0.05, 0.1) is 45.2 Å². The molecule has 8 nitrogen and oxygen atoms in total. The molecule has 0 saturated heterocycles. The molecule has 1 N–H and O–H groups in total. The Morgan fingerprint density at radius 2 is 1.76 bits per heavy atom. The van der Waals surface area contributed by atoms with Crippen molar-refractivity contribution in [3.8, 4) is 34.3 Å². The van der Waals surface area contributed by atoms with Gasteiger partial charge >= 0.3 is 0 Å². The van der Waals surface area contributed by atoms with Crippen LogP contribution in [-0.4, -0.2) is 42.7 Å². The molecule has 4 aromatic rings. The second-order valence-corrected chi connectivity index (χ2v) is 8.16. The van der Waals surface area contributed by atoms with E-state index in [4.69, 9.17) is 23.9 Å². The molecule has 0 spiro atoms. The first-order chi connectivity index (χ1) is 16.6. The molecule has 0 atom stereocenters. The Balaban J connectivity index is 1.55. The largest absolute Gasteiger partial charge is 0.494 e. The third-order valence-electron chi connectivity index (χ3n) is 5.14. The van der Waals surface area contributed by atoms with Gasteiger partial charge in [-0.05, 0) is 44.2 Å². The zero-order chi connectivity index (χ0) is 24.1. The predicted octanol–water partition coefficient (Wildman–Crippen LogP) is 5.06. The lowest BCUT2D eigenvalue weighted by molar-refractivity contribution is -0.115. The summed E-state index contributed by atoms with van der Waals surface area (Å²) in [5, 5.41) is 4.90. The topological polar surface area (TPSA) is 83.3 Å². The highest BCUT2D eigenvalue weighted by atomic mass is 32.1. The summed E-state index contributed by atoms with van der Waals surface area (Å²) in [5.74, 6) is 2.41. The molecule has 178 valence electrons. The van der Waals surface area contributed by atoms with Crippen molar-refractivity contribution in [3.05, 3.63) is 53.7 Å². The second-order valence-electron chi connectivity index (χ2n) is 7.32. The van der Waals surface area contributed by atoms with Gasteiger partial charge in [-0.15, -0.1) is 11.3 Å². The van der Waals surface area contributed by atoms with Gasteiger partial charge in [0.25, 0.3) is 0 Å². The summed E-state index contributed by atoms with van der Waals surface area (Å²) in [7, 11) is 3.21. The molecule has 0 aliphatic heterocycles. The summed E-state index contributed by atoms with van der Waals surface area (Å²) < 4.78 is 23.9. The van der Waals surface area contributed by atoms with Gasteiger partial charge in [-0.3, -0.25) is 9.20 Å². The zero-order valence-corrected chi connectivity index (χ0v) is 20.4. The number of hydrogen-bond acceptors (Lipinski definition) is 7.